The second-order valence-corrected chi connectivity index (χ2v) is 6.12. The Hall–Kier alpha value is -2.04. The summed E-state index contributed by atoms with van der Waals surface area (Å²) in [5.41, 5.74) is 1.20. The molecule has 126 valence electrons. The van der Waals surface area contributed by atoms with Gasteiger partial charge < -0.3 is 16.0 Å². The number of carbonyl (C=O) groups excluding carboxylic acids is 2. The molecule has 1 fully saturated rings. The molecule has 0 bridgehead atoms. The van der Waals surface area contributed by atoms with Gasteiger partial charge in [0.15, 0.2) is 0 Å². The molecule has 23 heavy (non-hydrogen) atoms. The zero-order valence-electron chi connectivity index (χ0n) is 13.6. The van der Waals surface area contributed by atoms with Gasteiger partial charge in [0, 0.05) is 26.1 Å². The van der Waals surface area contributed by atoms with Crippen LogP contribution in [0.15, 0.2) is 30.3 Å². The van der Waals surface area contributed by atoms with Crippen LogP contribution in [0.25, 0.3) is 0 Å². The van der Waals surface area contributed by atoms with E-state index in [4.69, 9.17) is 0 Å². The van der Waals surface area contributed by atoms with Gasteiger partial charge in [-0.15, -0.1) is 0 Å². The van der Waals surface area contributed by atoms with Gasteiger partial charge in [0.1, 0.15) is 0 Å². The first kappa shape index (κ1) is 17.3. The fraction of sp³-hybridized carbons (Fsp3) is 0.556. The summed E-state index contributed by atoms with van der Waals surface area (Å²) in [5, 5.41) is 8.43. The Morgan fingerprint density at radius 1 is 0.913 bits per heavy atom. The molecule has 1 aromatic carbocycles. The van der Waals surface area contributed by atoms with Crippen LogP contribution >= 0.6 is 0 Å². The molecule has 1 aromatic rings. The van der Waals surface area contributed by atoms with Crippen molar-refractivity contribution in [2.24, 2.45) is 5.92 Å². The lowest BCUT2D eigenvalue weighted by Crippen LogP contribution is -2.41. The zero-order chi connectivity index (χ0) is 16.3. The van der Waals surface area contributed by atoms with E-state index >= 15 is 0 Å². The van der Waals surface area contributed by atoms with Crippen LogP contribution in [-0.4, -0.2) is 31.6 Å². The Morgan fingerprint density at radius 3 is 2.30 bits per heavy atom. The Labute approximate surface area is 138 Å². The van der Waals surface area contributed by atoms with Crippen molar-refractivity contribution >= 4 is 11.9 Å². The van der Waals surface area contributed by atoms with Crippen LogP contribution in [0.4, 0.5) is 4.79 Å². The first-order valence-corrected chi connectivity index (χ1v) is 8.56. The quantitative estimate of drug-likeness (QED) is 0.644. The molecule has 0 radical (unpaired) electrons. The molecule has 2 rings (SSSR count). The summed E-state index contributed by atoms with van der Waals surface area (Å²) in [7, 11) is 0. The van der Waals surface area contributed by atoms with Crippen LogP contribution in [0.5, 0.6) is 0 Å². The van der Waals surface area contributed by atoms with E-state index in [1.807, 2.05) is 30.3 Å². The SMILES string of the molecule is O=C(CC1CCCC1)NCCNC(=O)NCCc1ccccc1. The van der Waals surface area contributed by atoms with Gasteiger partial charge in [0.25, 0.3) is 0 Å². The molecule has 1 aliphatic rings. The minimum atomic E-state index is -0.189. The molecule has 0 heterocycles. The minimum absolute atomic E-state index is 0.100. The lowest BCUT2D eigenvalue weighted by molar-refractivity contribution is -0.121. The topological polar surface area (TPSA) is 70.2 Å². The molecule has 1 aliphatic carbocycles. The summed E-state index contributed by atoms with van der Waals surface area (Å²) in [6.45, 7) is 1.54. The highest BCUT2D eigenvalue weighted by Gasteiger charge is 2.17. The third-order valence-electron chi connectivity index (χ3n) is 4.22. The lowest BCUT2D eigenvalue weighted by Gasteiger charge is -2.11. The first-order valence-electron chi connectivity index (χ1n) is 8.56. The standard InChI is InChI=1S/C18H27N3O2/c22-17(14-16-8-4-5-9-16)19-12-13-21-18(23)20-11-10-15-6-2-1-3-7-15/h1-3,6-7,16H,4-5,8-14H2,(H,19,22)(H2,20,21,23). The molecule has 5 nitrogen and oxygen atoms in total. The van der Waals surface area contributed by atoms with E-state index in [2.05, 4.69) is 16.0 Å². The highest BCUT2D eigenvalue weighted by Crippen LogP contribution is 2.27. The van der Waals surface area contributed by atoms with Crippen LogP contribution < -0.4 is 16.0 Å². The molecule has 5 heteroatoms. The van der Waals surface area contributed by atoms with Crippen LogP contribution in [0.2, 0.25) is 0 Å². The van der Waals surface area contributed by atoms with E-state index < -0.39 is 0 Å². The van der Waals surface area contributed by atoms with Gasteiger partial charge in [0.2, 0.25) is 5.91 Å². The maximum absolute atomic E-state index is 11.7. The van der Waals surface area contributed by atoms with Gasteiger partial charge in [-0.2, -0.15) is 0 Å². The number of carbonyl (C=O) groups is 2. The van der Waals surface area contributed by atoms with E-state index in [0.717, 1.165) is 6.42 Å². The molecular weight excluding hydrogens is 290 g/mol. The molecule has 1 saturated carbocycles. The Bertz CT molecular complexity index is 484. The predicted octanol–water partition coefficient (Wildman–Crippen LogP) is 2.22. The molecular formula is C18H27N3O2. The highest BCUT2D eigenvalue weighted by atomic mass is 16.2. The van der Waals surface area contributed by atoms with E-state index in [-0.39, 0.29) is 11.9 Å². The van der Waals surface area contributed by atoms with E-state index in [9.17, 15) is 9.59 Å². The van der Waals surface area contributed by atoms with Crippen molar-refractivity contribution in [3.8, 4) is 0 Å². The molecule has 0 saturated heterocycles. The van der Waals surface area contributed by atoms with Gasteiger partial charge in [-0.3, -0.25) is 4.79 Å². The fourth-order valence-corrected chi connectivity index (χ4v) is 2.95. The largest absolute Gasteiger partial charge is 0.354 e. The van der Waals surface area contributed by atoms with Crippen molar-refractivity contribution in [1.82, 2.24) is 16.0 Å². The maximum atomic E-state index is 11.7. The number of amides is 3. The summed E-state index contributed by atoms with van der Waals surface area (Å²) in [5.74, 6) is 0.660. The van der Waals surface area contributed by atoms with Gasteiger partial charge in [-0.05, 0) is 30.7 Å². The van der Waals surface area contributed by atoms with Gasteiger partial charge in [-0.25, -0.2) is 4.79 Å². The van der Waals surface area contributed by atoms with E-state index in [1.165, 1.54) is 31.2 Å². The van der Waals surface area contributed by atoms with Crippen molar-refractivity contribution in [3.63, 3.8) is 0 Å². The van der Waals surface area contributed by atoms with E-state index in [0.29, 0.717) is 32.0 Å². The number of hydrogen-bond donors (Lipinski definition) is 3. The van der Waals surface area contributed by atoms with Crippen LogP contribution in [0.1, 0.15) is 37.7 Å². The monoisotopic (exact) mass is 317 g/mol. The van der Waals surface area contributed by atoms with E-state index in [1.54, 1.807) is 0 Å². The summed E-state index contributed by atoms with van der Waals surface area (Å²) in [6.07, 6.45) is 6.30. The zero-order valence-corrected chi connectivity index (χ0v) is 13.6. The smallest absolute Gasteiger partial charge is 0.314 e. The number of hydrogen-bond acceptors (Lipinski definition) is 2. The molecule has 0 spiro atoms. The van der Waals surface area contributed by atoms with Crippen LogP contribution in [0.3, 0.4) is 0 Å². The third kappa shape index (κ3) is 7.17. The Kier molecular flexibility index (Phi) is 7.43. The molecule has 0 unspecified atom stereocenters. The average molecular weight is 317 g/mol. The Balaban J connectivity index is 1.47. The molecule has 0 atom stereocenters. The number of nitrogens with one attached hydrogen (secondary N) is 3. The van der Waals surface area contributed by atoms with Crippen molar-refractivity contribution in [2.45, 2.75) is 38.5 Å². The second kappa shape index (κ2) is 9.87. The normalized spacial score (nSPS) is 14.4. The second-order valence-electron chi connectivity index (χ2n) is 6.12. The number of urea groups is 1. The molecule has 3 amide bonds. The maximum Gasteiger partial charge on any atom is 0.314 e. The van der Waals surface area contributed by atoms with Gasteiger partial charge in [0.05, 0.1) is 0 Å². The molecule has 0 aromatic heterocycles. The van der Waals surface area contributed by atoms with Crippen molar-refractivity contribution in [1.29, 1.82) is 0 Å². The van der Waals surface area contributed by atoms with Gasteiger partial charge in [-0.1, -0.05) is 43.2 Å². The highest BCUT2D eigenvalue weighted by molar-refractivity contribution is 5.76. The Morgan fingerprint density at radius 2 is 1.57 bits per heavy atom. The predicted molar refractivity (Wildman–Crippen MR) is 91.1 cm³/mol. The molecule has 0 aliphatic heterocycles. The fourth-order valence-electron chi connectivity index (χ4n) is 2.95. The summed E-state index contributed by atoms with van der Waals surface area (Å²) in [6, 6.07) is 9.85. The molecule has 3 N–H and O–H groups in total. The van der Waals surface area contributed by atoms with Crippen molar-refractivity contribution < 1.29 is 9.59 Å². The average Bonchev–Trinajstić information content (AvgIpc) is 3.05. The first-order chi connectivity index (χ1) is 11.2. The summed E-state index contributed by atoms with van der Waals surface area (Å²) < 4.78 is 0. The third-order valence-corrected chi connectivity index (χ3v) is 4.22. The summed E-state index contributed by atoms with van der Waals surface area (Å²) in [4.78, 5) is 23.4. The number of benzene rings is 1. The van der Waals surface area contributed by atoms with Crippen LogP contribution in [0, 0.1) is 5.92 Å². The van der Waals surface area contributed by atoms with Crippen molar-refractivity contribution in [3.05, 3.63) is 35.9 Å². The lowest BCUT2D eigenvalue weighted by atomic mass is 10.0. The summed E-state index contributed by atoms with van der Waals surface area (Å²) >= 11 is 0. The van der Waals surface area contributed by atoms with Crippen molar-refractivity contribution in [2.75, 3.05) is 19.6 Å². The number of rotatable bonds is 8. The van der Waals surface area contributed by atoms with Crippen LogP contribution in [-0.2, 0) is 11.2 Å². The minimum Gasteiger partial charge on any atom is -0.354 e. The van der Waals surface area contributed by atoms with Gasteiger partial charge >= 0.3 is 6.03 Å².